The molecule has 1 rings (SSSR count). The van der Waals surface area contributed by atoms with Crippen LogP contribution in [0.25, 0.3) is 0 Å². The Morgan fingerprint density at radius 1 is 1.29 bits per heavy atom. The number of sulfonamides is 1. The maximum absolute atomic E-state index is 11.7. The Kier molecular flexibility index (Phi) is 5.87. The van der Waals surface area contributed by atoms with Crippen LogP contribution in [-0.4, -0.2) is 46.3 Å². The van der Waals surface area contributed by atoms with Gasteiger partial charge in [-0.1, -0.05) is 12.8 Å². The van der Waals surface area contributed by atoms with Crippen LogP contribution in [0.15, 0.2) is 0 Å². The van der Waals surface area contributed by atoms with Crippen LogP contribution in [0.2, 0.25) is 0 Å². The van der Waals surface area contributed by atoms with E-state index in [4.69, 9.17) is 0 Å². The molecule has 1 aliphatic heterocycles. The quantitative estimate of drug-likeness (QED) is 0.566. The SMILES string of the molecule is CS(=O)(=O)NCCNC(=O)C1CCCCCN1. The number of amides is 1. The molecular formula is C10H21N3O3S. The van der Waals surface area contributed by atoms with Crippen LogP contribution in [0, 0.1) is 0 Å². The normalized spacial score (nSPS) is 21.8. The van der Waals surface area contributed by atoms with Crippen molar-refractivity contribution < 1.29 is 13.2 Å². The highest BCUT2D eigenvalue weighted by atomic mass is 32.2. The average Bonchev–Trinajstić information content (AvgIpc) is 2.51. The second-order valence-electron chi connectivity index (χ2n) is 4.31. The average molecular weight is 263 g/mol. The summed E-state index contributed by atoms with van der Waals surface area (Å²) in [6, 6.07) is -0.129. The van der Waals surface area contributed by atoms with Gasteiger partial charge in [-0.2, -0.15) is 0 Å². The zero-order valence-corrected chi connectivity index (χ0v) is 11.0. The van der Waals surface area contributed by atoms with Gasteiger partial charge in [-0.3, -0.25) is 4.79 Å². The minimum atomic E-state index is -3.17. The molecule has 0 bridgehead atoms. The van der Waals surface area contributed by atoms with Gasteiger partial charge in [0.15, 0.2) is 0 Å². The third-order valence-electron chi connectivity index (χ3n) is 2.67. The van der Waals surface area contributed by atoms with Gasteiger partial charge in [0.05, 0.1) is 12.3 Å². The molecule has 7 heteroatoms. The van der Waals surface area contributed by atoms with Crippen LogP contribution >= 0.6 is 0 Å². The molecule has 1 heterocycles. The van der Waals surface area contributed by atoms with E-state index in [1.807, 2.05) is 0 Å². The number of nitrogens with one attached hydrogen (secondary N) is 3. The van der Waals surface area contributed by atoms with Gasteiger partial charge in [0.25, 0.3) is 0 Å². The summed E-state index contributed by atoms with van der Waals surface area (Å²) in [5.41, 5.74) is 0. The second-order valence-corrected chi connectivity index (χ2v) is 6.15. The first-order chi connectivity index (χ1) is 7.99. The second kappa shape index (κ2) is 6.93. The highest BCUT2D eigenvalue weighted by molar-refractivity contribution is 7.88. The van der Waals surface area contributed by atoms with Gasteiger partial charge in [0.2, 0.25) is 15.9 Å². The molecule has 0 aromatic heterocycles. The Labute approximate surface area is 103 Å². The fraction of sp³-hybridized carbons (Fsp3) is 0.900. The topological polar surface area (TPSA) is 87.3 Å². The first kappa shape index (κ1) is 14.4. The van der Waals surface area contributed by atoms with E-state index < -0.39 is 10.0 Å². The zero-order chi connectivity index (χ0) is 12.7. The maximum Gasteiger partial charge on any atom is 0.237 e. The monoisotopic (exact) mass is 263 g/mol. The van der Waals surface area contributed by atoms with E-state index in [0.717, 1.165) is 38.5 Å². The van der Waals surface area contributed by atoms with Crippen molar-refractivity contribution in [2.75, 3.05) is 25.9 Å². The smallest absolute Gasteiger partial charge is 0.237 e. The molecule has 1 fully saturated rings. The van der Waals surface area contributed by atoms with Crippen LogP contribution < -0.4 is 15.4 Å². The van der Waals surface area contributed by atoms with Crippen LogP contribution in [0.4, 0.5) is 0 Å². The summed E-state index contributed by atoms with van der Waals surface area (Å²) in [4.78, 5) is 11.7. The number of hydrogen-bond donors (Lipinski definition) is 3. The maximum atomic E-state index is 11.7. The van der Waals surface area contributed by atoms with E-state index in [2.05, 4.69) is 15.4 Å². The number of carbonyl (C=O) groups excluding carboxylic acids is 1. The molecule has 1 amide bonds. The zero-order valence-electron chi connectivity index (χ0n) is 10.2. The molecule has 100 valence electrons. The largest absolute Gasteiger partial charge is 0.353 e. The van der Waals surface area contributed by atoms with Crippen molar-refractivity contribution in [2.24, 2.45) is 0 Å². The lowest BCUT2D eigenvalue weighted by molar-refractivity contribution is -0.123. The molecular weight excluding hydrogens is 242 g/mol. The lowest BCUT2D eigenvalue weighted by atomic mass is 10.1. The van der Waals surface area contributed by atoms with Crippen molar-refractivity contribution in [1.29, 1.82) is 0 Å². The van der Waals surface area contributed by atoms with E-state index in [0.29, 0.717) is 6.54 Å². The Morgan fingerprint density at radius 2 is 2.06 bits per heavy atom. The first-order valence-electron chi connectivity index (χ1n) is 5.95. The molecule has 0 aliphatic carbocycles. The molecule has 1 aliphatic rings. The Balaban J connectivity index is 2.19. The minimum Gasteiger partial charge on any atom is -0.353 e. The van der Waals surface area contributed by atoms with Crippen LogP contribution in [0.5, 0.6) is 0 Å². The fourth-order valence-electron chi connectivity index (χ4n) is 1.80. The summed E-state index contributed by atoms with van der Waals surface area (Å²) in [6.07, 6.45) is 5.28. The van der Waals surface area contributed by atoms with Gasteiger partial charge in [-0.05, 0) is 19.4 Å². The number of rotatable bonds is 5. The predicted molar refractivity (Wildman–Crippen MR) is 66.1 cm³/mol. The standard InChI is InChI=1S/C10H21N3O3S/c1-17(15,16)13-8-7-12-10(14)9-5-3-2-4-6-11-9/h9,11,13H,2-8H2,1H3,(H,12,14). The van der Waals surface area contributed by atoms with Gasteiger partial charge in [0.1, 0.15) is 0 Å². The minimum absolute atomic E-state index is 0.0396. The summed E-state index contributed by atoms with van der Waals surface area (Å²) in [6.45, 7) is 1.43. The van der Waals surface area contributed by atoms with Gasteiger partial charge in [-0.15, -0.1) is 0 Å². The molecule has 6 nitrogen and oxygen atoms in total. The van der Waals surface area contributed by atoms with Crippen molar-refractivity contribution in [3.63, 3.8) is 0 Å². The van der Waals surface area contributed by atoms with E-state index in [1.54, 1.807) is 0 Å². The Bertz CT molecular complexity index is 335. The van der Waals surface area contributed by atoms with Gasteiger partial charge < -0.3 is 10.6 Å². The number of carbonyl (C=O) groups is 1. The molecule has 0 saturated carbocycles. The highest BCUT2D eigenvalue weighted by Crippen LogP contribution is 2.08. The van der Waals surface area contributed by atoms with E-state index in [9.17, 15) is 13.2 Å². The lowest BCUT2D eigenvalue weighted by Crippen LogP contribution is -2.45. The van der Waals surface area contributed by atoms with Crippen molar-refractivity contribution in [3.8, 4) is 0 Å². The summed E-state index contributed by atoms with van der Waals surface area (Å²) < 4.78 is 23.9. The molecule has 17 heavy (non-hydrogen) atoms. The predicted octanol–water partition coefficient (Wildman–Crippen LogP) is -0.816. The highest BCUT2D eigenvalue weighted by Gasteiger charge is 2.18. The summed E-state index contributed by atoms with van der Waals surface area (Å²) in [5.74, 6) is -0.0396. The van der Waals surface area contributed by atoms with Crippen LogP contribution in [0.3, 0.4) is 0 Å². The van der Waals surface area contributed by atoms with Crippen molar-refractivity contribution in [1.82, 2.24) is 15.4 Å². The van der Waals surface area contributed by atoms with E-state index >= 15 is 0 Å². The van der Waals surface area contributed by atoms with Crippen molar-refractivity contribution in [2.45, 2.75) is 31.7 Å². The van der Waals surface area contributed by atoms with Gasteiger partial charge >= 0.3 is 0 Å². The molecule has 0 aromatic carbocycles. The van der Waals surface area contributed by atoms with E-state index in [-0.39, 0.29) is 18.5 Å². The molecule has 0 spiro atoms. The van der Waals surface area contributed by atoms with E-state index in [1.165, 1.54) is 0 Å². The summed E-state index contributed by atoms with van der Waals surface area (Å²) >= 11 is 0. The molecule has 3 N–H and O–H groups in total. The Morgan fingerprint density at radius 3 is 2.76 bits per heavy atom. The number of hydrogen-bond acceptors (Lipinski definition) is 4. The van der Waals surface area contributed by atoms with Crippen LogP contribution in [-0.2, 0) is 14.8 Å². The first-order valence-corrected chi connectivity index (χ1v) is 7.84. The Hall–Kier alpha value is -0.660. The molecule has 0 aromatic rings. The van der Waals surface area contributed by atoms with Gasteiger partial charge in [0, 0.05) is 13.1 Å². The fourth-order valence-corrected chi connectivity index (χ4v) is 2.27. The summed E-state index contributed by atoms with van der Waals surface area (Å²) in [7, 11) is -3.17. The molecule has 1 saturated heterocycles. The van der Waals surface area contributed by atoms with Crippen molar-refractivity contribution in [3.05, 3.63) is 0 Å². The third kappa shape index (κ3) is 6.60. The van der Waals surface area contributed by atoms with Crippen LogP contribution in [0.1, 0.15) is 25.7 Å². The van der Waals surface area contributed by atoms with Crippen molar-refractivity contribution >= 4 is 15.9 Å². The summed E-state index contributed by atoms with van der Waals surface area (Å²) in [5, 5.41) is 5.91. The molecule has 0 radical (unpaired) electrons. The lowest BCUT2D eigenvalue weighted by Gasteiger charge is -2.15. The molecule has 1 unspecified atom stereocenters. The molecule has 1 atom stereocenters. The van der Waals surface area contributed by atoms with Gasteiger partial charge in [-0.25, -0.2) is 13.1 Å². The third-order valence-corrected chi connectivity index (χ3v) is 3.39.